The van der Waals surface area contributed by atoms with E-state index in [1.807, 2.05) is 35.0 Å². The maximum absolute atomic E-state index is 6.46. The number of ether oxygens (including phenoxy) is 2. The first-order chi connectivity index (χ1) is 12.6. The Morgan fingerprint density at radius 3 is 2.69 bits per heavy atom. The van der Waals surface area contributed by atoms with Crippen molar-refractivity contribution >= 4 is 23.2 Å². The van der Waals surface area contributed by atoms with Crippen LogP contribution in [0.1, 0.15) is 22.8 Å². The summed E-state index contributed by atoms with van der Waals surface area (Å²) in [6.45, 7) is 2.96. The zero-order valence-corrected chi connectivity index (χ0v) is 15.7. The molecule has 1 fully saturated rings. The monoisotopic (exact) mass is 388 g/mol. The highest BCUT2D eigenvalue weighted by molar-refractivity contribution is 6.35. The number of benzene rings is 2. The molecule has 26 heavy (non-hydrogen) atoms. The van der Waals surface area contributed by atoms with Crippen LogP contribution in [0.5, 0.6) is 0 Å². The molecule has 3 aromatic rings. The third-order valence-corrected chi connectivity index (χ3v) is 5.11. The summed E-state index contributed by atoms with van der Waals surface area (Å²) in [7, 11) is 0. The molecule has 0 amide bonds. The highest BCUT2D eigenvalue weighted by atomic mass is 35.5. The zero-order valence-electron chi connectivity index (χ0n) is 14.2. The number of imidazole rings is 1. The Kier molecular flexibility index (Phi) is 4.76. The molecule has 1 aliphatic rings. The average Bonchev–Trinajstić information content (AvgIpc) is 3.27. The molecule has 2 aromatic carbocycles. The van der Waals surface area contributed by atoms with E-state index < -0.39 is 5.79 Å². The Bertz CT molecular complexity index is 897. The van der Waals surface area contributed by atoms with Gasteiger partial charge in [0.2, 0.25) is 5.79 Å². The summed E-state index contributed by atoms with van der Waals surface area (Å²) < 4.78 is 14.6. The van der Waals surface area contributed by atoms with Crippen molar-refractivity contribution in [2.24, 2.45) is 0 Å². The second kappa shape index (κ2) is 7.05. The van der Waals surface area contributed by atoms with Gasteiger partial charge in [-0.3, -0.25) is 0 Å². The van der Waals surface area contributed by atoms with E-state index in [9.17, 15) is 0 Å². The van der Waals surface area contributed by atoms with Crippen molar-refractivity contribution in [1.29, 1.82) is 0 Å². The van der Waals surface area contributed by atoms with Crippen LogP contribution >= 0.6 is 23.2 Å². The van der Waals surface area contributed by atoms with E-state index >= 15 is 0 Å². The first-order valence-electron chi connectivity index (χ1n) is 8.35. The van der Waals surface area contributed by atoms with Crippen LogP contribution in [0.3, 0.4) is 0 Å². The lowest BCUT2D eigenvalue weighted by atomic mass is 10.0. The maximum Gasteiger partial charge on any atom is 0.214 e. The highest BCUT2D eigenvalue weighted by Gasteiger charge is 2.44. The molecule has 0 spiro atoms. The van der Waals surface area contributed by atoms with Crippen LogP contribution < -0.4 is 0 Å². The fraction of sp³-hybridized carbons (Fsp3) is 0.250. The Balaban J connectivity index is 1.69. The van der Waals surface area contributed by atoms with Crippen LogP contribution in [0.4, 0.5) is 0 Å². The van der Waals surface area contributed by atoms with Crippen LogP contribution in [0, 0.1) is 6.92 Å². The number of hydrogen-bond acceptors (Lipinski definition) is 3. The van der Waals surface area contributed by atoms with Crippen molar-refractivity contribution in [2.45, 2.75) is 25.4 Å². The minimum absolute atomic E-state index is 0.274. The molecule has 1 aromatic heterocycles. The first-order valence-corrected chi connectivity index (χ1v) is 9.11. The molecular formula is C20H18Cl2N2O2. The van der Waals surface area contributed by atoms with Gasteiger partial charge in [-0.25, -0.2) is 4.98 Å². The Hall–Kier alpha value is -1.85. The third kappa shape index (κ3) is 3.38. The van der Waals surface area contributed by atoms with E-state index in [1.165, 1.54) is 5.56 Å². The summed E-state index contributed by atoms with van der Waals surface area (Å²) in [4.78, 5) is 4.12. The molecule has 0 radical (unpaired) electrons. The van der Waals surface area contributed by atoms with E-state index in [4.69, 9.17) is 32.7 Å². The lowest BCUT2D eigenvalue weighted by Gasteiger charge is -2.29. The molecule has 2 unspecified atom stereocenters. The summed E-state index contributed by atoms with van der Waals surface area (Å²) in [6.07, 6.45) is 5.12. The van der Waals surface area contributed by atoms with Gasteiger partial charge in [0, 0.05) is 33.6 Å². The zero-order chi connectivity index (χ0) is 18.1. The number of rotatable bonds is 4. The maximum atomic E-state index is 6.46. The van der Waals surface area contributed by atoms with E-state index in [0.29, 0.717) is 23.2 Å². The Labute approximate surface area is 162 Å². The fourth-order valence-electron chi connectivity index (χ4n) is 3.18. The van der Waals surface area contributed by atoms with Gasteiger partial charge in [0.1, 0.15) is 6.10 Å². The Morgan fingerprint density at radius 1 is 1.19 bits per heavy atom. The van der Waals surface area contributed by atoms with Gasteiger partial charge in [0.15, 0.2) is 0 Å². The molecule has 0 aliphatic carbocycles. The largest absolute Gasteiger partial charge is 0.341 e. The number of aryl methyl sites for hydroxylation is 1. The average molecular weight is 389 g/mol. The molecule has 4 rings (SSSR count). The van der Waals surface area contributed by atoms with Gasteiger partial charge in [-0.05, 0) is 19.1 Å². The third-order valence-electron chi connectivity index (χ3n) is 4.55. The SMILES string of the molecule is Cc1ccc(C2(Cn3ccnc3)OCC(c3ccc(Cl)cc3Cl)O2)cc1. The number of halogens is 2. The van der Waals surface area contributed by atoms with Crippen LogP contribution in [0.2, 0.25) is 10.0 Å². The summed E-state index contributed by atoms with van der Waals surface area (Å²) in [5, 5.41) is 1.18. The second-order valence-electron chi connectivity index (χ2n) is 6.44. The molecule has 1 aliphatic heterocycles. The van der Waals surface area contributed by atoms with Gasteiger partial charge in [-0.1, -0.05) is 59.1 Å². The van der Waals surface area contributed by atoms with Crippen molar-refractivity contribution in [3.8, 4) is 0 Å². The topological polar surface area (TPSA) is 36.3 Å². The fourth-order valence-corrected chi connectivity index (χ4v) is 3.71. The van der Waals surface area contributed by atoms with Gasteiger partial charge >= 0.3 is 0 Å². The highest BCUT2D eigenvalue weighted by Crippen LogP contribution is 2.43. The molecule has 0 N–H and O–H groups in total. The molecule has 0 bridgehead atoms. The van der Waals surface area contributed by atoms with Crippen molar-refractivity contribution in [3.63, 3.8) is 0 Å². The Morgan fingerprint density at radius 2 is 2.00 bits per heavy atom. The second-order valence-corrected chi connectivity index (χ2v) is 7.28. The van der Waals surface area contributed by atoms with E-state index in [0.717, 1.165) is 11.1 Å². The van der Waals surface area contributed by atoms with Crippen LogP contribution in [-0.2, 0) is 21.8 Å². The van der Waals surface area contributed by atoms with Gasteiger partial charge in [0.05, 0.1) is 19.5 Å². The summed E-state index contributed by atoms with van der Waals surface area (Å²) in [5.41, 5.74) is 3.02. The molecule has 2 atom stereocenters. The van der Waals surface area contributed by atoms with Gasteiger partial charge < -0.3 is 14.0 Å². The van der Waals surface area contributed by atoms with Gasteiger partial charge in [-0.15, -0.1) is 0 Å². The number of nitrogens with zero attached hydrogens (tertiary/aromatic N) is 2. The van der Waals surface area contributed by atoms with Gasteiger partial charge in [0.25, 0.3) is 0 Å². The predicted octanol–water partition coefficient (Wildman–Crippen LogP) is 5.14. The quantitative estimate of drug-likeness (QED) is 0.620. The smallest absolute Gasteiger partial charge is 0.214 e. The van der Waals surface area contributed by atoms with Crippen LogP contribution in [0.25, 0.3) is 0 Å². The summed E-state index contributed by atoms with van der Waals surface area (Å²) in [6, 6.07) is 13.6. The molecule has 2 heterocycles. The lowest BCUT2D eigenvalue weighted by Crippen LogP contribution is -2.32. The minimum atomic E-state index is -0.901. The normalized spacial score (nSPS) is 22.7. The molecule has 6 heteroatoms. The van der Waals surface area contributed by atoms with Crippen molar-refractivity contribution in [2.75, 3.05) is 6.61 Å². The van der Waals surface area contributed by atoms with Crippen molar-refractivity contribution in [3.05, 3.63) is 87.9 Å². The number of hydrogen-bond donors (Lipinski definition) is 0. The molecule has 134 valence electrons. The van der Waals surface area contributed by atoms with E-state index in [-0.39, 0.29) is 6.10 Å². The van der Waals surface area contributed by atoms with E-state index in [1.54, 1.807) is 18.6 Å². The molecule has 4 nitrogen and oxygen atoms in total. The lowest BCUT2D eigenvalue weighted by molar-refractivity contribution is -0.187. The van der Waals surface area contributed by atoms with Crippen LogP contribution in [-0.4, -0.2) is 16.2 Å². The van der Waals surface area contributed by atoms with E-state index in [2.05, 4.69) is 24.0 Å². The minimum Gasteiger partial charge on any atom is -0.341 e. The van der Waals surface area contributed by atoms with Crippen molar-refractivity contribution < 1.29 is 9.47 Å². The predicted molar refractivity (Wildman–Crippen MR) is 101 cm³/mol. The van der Waals surface area contributed by atoms with Crippen molar-refractivity contribution in [1.82, 2.24) is 9.55 Å². The summed E-state index contributed by atoms with van der Waals surface area (Å²) >= 11 is 12.4. The summed E-state index contributed by atoms with van der Waals surface area (Å²) in [5.74, 6) is -0.901. The standard InChI is InChI=1S/C20H18Cl2N2O2/c1-14-2-4-15(5-3-14)20(12-24-9-8-23-13-24)25-11-19(26-20)17-7-6-16(21)10-18(17)22/h2-10,13,19H,11-12H2,1H3. The molecule has 1 saturated heterocycles. The molecular weight excluding hydrogens is 371 g/mol. The molecule has 0 saturated carbocycles. The number of aromatic nitrogens is 2. The first kappa shape index (κ1) is 17.6. The van der Waals surface area contributed by atoms with Crippen LogP contribution in [0.15, 0.2) is 61.2 Å². The van der Waals surface area contributed by atoms with Gasteiger partial charge in [-0.2, -0.15) is 0 Å².